The number of nitrogens with zero attached hydrogens (tertiary/aromatic N) is 3. The lowest BCUT2D eigenvalue weighted by Gasteiger charge is -2.22. The molecule has 0 saturated heterocycles. The molecule has 2 heterocycles. The molecule has 1 N–H and O–H groups in total. The number of thiazole rings is 1. The molecule has 2 rings (SSSR count). The summed E-state index contributed by atoms with van der Waals surface area (Å²) >= 11 is 1.67. The van der Waals surface area contributed by atoms with E-state index in [1.807, 2.05) is 6.92 Å². The Bertz CT molecular complexity index is 602. The molecule has 21 heavy (non-hydrogen) atoms. The molecule has 0 fully saturated rings. The highest BCUT2D eigenvalue weighted by Gasteiger charge is 2.14. The van der Waals surface area contributed by atoms with Crippen LogP contribution in [-0.2, 0) is 13.0 Å². The first-order valence-electron chi connectivity index (χ1n) is 7.23. The van der Waals surface area contributed by atoms with E-state index in [0.29, 0.717) is 6.42 Å². The van der Waals surface area contributed by atoms with Crippen molar-refractivity contribution >= 4 is 11.3 Å². The molecule has 0 aliphatic rings. The molecule has 0 spiro atoms. The minimum Gasteiger partial charge on any atom is -0.308 e. The second kappa shape index (κ2) is 6.20. The molecule has 0 aliphatic carbocycles. The first kappa shape index (κ1) is 16.0. The number of rotatable bonds is 4. The quantitative estimate of drug-likeness (QED) is 0.941. The average Bonchev–Trinajstić information content (AvgIpc) is 2.72. The number of hydrogen-bond donors (Lipinski definition) is 1. The van der Waals surface area contributed by atoms with Gasteiger partial charge in [-0.3, -0.25) is 0 Å². The van der Waals surface area contributed by atoms with Crippen molar-refractivity contribution in [3.63, 3.8) is 0 Å². The zero-order valence-corrected chi connectivity index (χ0v) is 14.6. The Balaban J connectivity index is 2.16. The molecule has 0 amide bonds. The molecule has 5 heteroatoms. The van der Waals surface area contributed by atoms with Crippen LogP contribution in [-0.4, -0.2) is 20.5 Å². The van der Waals surface area contributed by atoms with Gasteiger partial charge in [-0.25, -0.2) is 15.0 Å². The van der Waals surface area contributed by atoms with Crippen molar-refractivity contribution in [2.45, 2.75) is 60.0 Å². The van der Waals surface area contributed by atoms with Crippen LogP contribution in [0.2, 0.25) is 0 Å². The van der Waals surface area contributed by atoms with Crippen LogP contribution in [0.15, 0.2) is 5.38 Å². The monoisotopic (exact) mass is 304 g/mol. The van der Waals surface area contributed by atoms with Crippen molar-refractivity contribution < 1.29 is 0 Å². The van der Waals surface area contributed by atoms with Crippen molar-refractivity contribution in [1.29, 1.82) is 0 Å². The van der Waals surface area contributed by atoms with Gasteiger partial charge in [0.1, 0.15) is 10.8 Å². The van der Waals surface area contributed by atoms with Crippen LogP contribution in [0.4, 0.5) is 0 Å². The molecule has 0 unspecified atom stereocenters. The predicted molar refractivity (Wildman–Crippen MR) is 87.8 cm³/mol. The Hall–Kier alpha value is -1.33. The van der Waals surface area contributed by atoms with Crippen molar-refractivity contribution in [3.8, 4) is 0 Å². The number of aryl methyl sites for hydroxylation is 3. The molecule has 0 saturated carbocycles. The number of hydrogen-bond acceptors (Lipinski definition) is 5. The van der Waals surface area contributed by atoms with E-state index in [1.54, 1.807) is 11.3 Å². The maximum atomic E-state index is 4.65. The minimum atomic E-state index is 0.0932. The maximum Gasteiger partial charge on any atom is 0.135 e. The average molecular weight is 304 g/mol. The maximum absolute atomic E-state index is 4.65. The largest absolute Gasteiger partial charge is 0.308 e. The standard InChI is InChI=1S/C16H24N4S/c1-10-9-21-15(18-10)7-14-19-11(2)13(12(3)20-14)8-17-16(4,5)6/h9,17H,7-8H2,1-6H3. The molecule has 114 valence electrons. The summed E-state index contributed by atoms with van der Waals surface area (Å²) < 4.78 is 0. The van der Waals surface area contributed by atoms with Gasteiger partial charge in [-0.05, 0) is 41.5 Å². The van der Waals surface area contributed by atoms with Crippen LogP contribution in [0.25, 0.3) is 0 Å². The van der Waals surface area contributed by atoms with Crippen molar-refractivity contribution in [2.24, 2.45) is 0 Å². The summed E-state index contributed by atoms with van der Waals surface area (Å²) in [5.74, 6) is 0.860. The fraction of sp³-hybridized carbons (Fsp3) is 0.562. The zero-order valence-electron chi connectivity index (χ0n) is 13.7. The Morgan fingerprint density at radius 1 is 1.05 bits per heavy atom. The fourth-order valence-electron chi connectivity index (χ4n) is 2.12. The second-order valence-corrected chi connectivity index (χ2v) is 7.39. The van der Waals surface area contributed by atoms with E-state index in [1.165, 1.54) is 5.56 Å². The van der Waals surface area contributed by atoms with Crippen LogP contribution < -0.4 is 5.32 Å². The molecular formula is C16H24N4S. The van der Waals surface area contributed by atoms with Gasteiger partial charge in [0, 0.05) is 40.1 Å². The minimum absolute atomic E-state index is 0.0932. The van der Waals surface area contributed by atoms with E-state index in [9.17, 15) is 0 Å². The van der Waals surface area contributed by atoms with Gasteiger partial charge in [0.05, 0.1) is 6.42 Å². The Labute approximate surface area is 131 Å². The summed E-state index contributed by atoms with van der Waals surface area (Å²) in [5, 5.41) is 6.64. The van der Waals surface area contributed by atoms with Crippen molar-refractivity contribution in [3.05, 3.63) is 38.9 Å². The van der Waals surface area contributed by atoms with E-state index in [-0.39, 0.29) is 5.54 Å². The first-order valence-corrected chi connectivity index (χ1v) is 8.11. The van der Waals surface area contributed by atoms with Gasteiger partial charge in [-0.1, -0.05) is 0 Å². The van der Waals surface area contributed by atoms with E-state index >= 15 is 0 Å². The van der Waals surface area contributed by atoms with Gasteiger partial charge < -0.3 is 5.32 Å². The van der Waals surface area contributed by atoms with Crippen LogP contribution in [0.3, 0.4) is 0 Å². The summed E-state index contributed by atoms with van der Waals surface area (Å²) in [5.41, 5.74) is 4.47. The second-order valence-electron chi connectivity index (χ2n) is 6.45. The van der Waals surface area contributed by atoms with E-state index in [2.05, 4.69) is 60.3 Å². The third-order valence-electron chi connectivity index (χ3n) is 3.24. The van der Waals surface area contributed by atoms with Crippen LogP contribution >= 0.6 is 11.3 Å². The highest BCUT2D eigenvalue weighted by Crippen LogP contribution is 2.16. The number of aromatic nitrogens is 3. The Morgan fingerprint density at radius 2 is 1.67 bits per heavy atom. The van der Waals surface area contributed by atoms with Crippen LogP contribution in [0.1, 0.15) is 54.2 Å². The molecule has 0 bridgehead atoms. The molecule has 2 aromatic rings. The summed E-state index contributed by atoms with van der Waals surface area (Å²) in [6.07, 6.45) is 0.715. The van der Waals surface area contributed by atoms with Crippen LogP contribution in [0, 0.1) is 20.8 Å². The van der Waals surface area contributed by atoms with Gasteiger partial charge in [-0.2, -0.15) is 0 Å². The highest BCUT2D eigenvalue weighted by molar-refractivity contribution is 7.09. The molecule has 0 aromatic carbocycles. The van der Waals surface area contributed by atoms with E-state index in [0.717, 1.165) is 34.5 Å². The predicted octanol–water partition coefficient (Wildman–Crippen LogP) is 3.34. The summed E-state index contributed by atoms with van der Waals surface area (Å²) in [7, 11) is 0. The molecule has 0 aliphatic heterocycles. The SMILES string of the molecule is Cc1csc(Cc2nc(C)c(CNC(C)(C)C)c(C)n2)n1. The van der Waals surface area contributed by atoms with Crippen molar-refractivity contribution in [1.82, 2.24) is 20.3 Å². The number of nitrogens with one attached hydrogen (secondary N) is 1. The van der Waals surface area contributed by atoms with Crippen LogP contribution in [0.5, 0.6) is 0 Å². The van der Waals surface area contributed by atoms with Gasteiger partial charge >= 0.3 is 0 Å². The smallest absolute Gasteiger partial charge is 0.135 e. The van der Waals surface area contributed by atoms with E-state index in [4.69, 9.17) is 0 Å². The van der Waals surface area contributed by atoms with Gasteiger partial charge in [-0.15, -0.1) is 11.3 Å². The molecule has 4 nitrogen and oxygen atoms in total. The summed E-state index contributed by atoms with van der Waals surface area (Å²) in [4.78, 5) is 13.8. The summed E-state index contributed by atoms with van der Waals surface area (Å²) in [6, 6.07) is 0. The first-order chi connectivity index (χ1) is 9.74. The molecular weight excluding hydrogens is 280 g/mol. The normalized spacial score (nSPS) is 11.9. The third kappa shape index (κ3) is 4.58. The molecule has 2 aromatic heterocycles. The lowest BCUT2D eigenvalue weighted by molar-refractivity contribution is 0.422. The third-order valence-corrected chi connectivity index (χ3v) is 4.21. The lowest BCUT2D eigenvalue weighted by atomic mass is 10.1. The molecule has 0 atom stereocenters. The fourth-order valence-corrected chi connectivity index (χ4v) is 2.88. The molecule has 0 radical (unpaired) electrons. The highest BCUT2D eigenvalue weighted by atomic mass is 32.1. The van der Waals surface area contributed by atoms with Crippen molar-refractivity contribution in [2.75, 3.05) is 0 Å². The van der Waals surface area contributed by atoms with E-state index < -0.39 is 0 Å². The summed E-state index contributed by atoms with van der Waals surface area (Å²) in [6.45, 7) is 13.4. The zero-order chi connectivity index (χ0) is 15.6. The Morgan fingerprint density at radius 3 is 2.14 bits per heavy atom. The lowest BCUT2D eigenvalue weighted by Crippen LogP contribution is -2.35. The van der Waals surface area contributed by atoms with Gasteiger partial charge in [0.2, 0.25) is 0 Å². The van der Waals surface area contributed by atoms with Gasteiger partial charge in [0.15, 0.2) is 0 Å². The van der Waals surface area contributed by atoms with Gasteiger partial charge in [0.25, 0.3) is 0 Å². The Kier molecular flexibility index (Phi) is 4.74. The topological polar surface area (TPSA) is 50.7 Å².